The Bertz CT molecular complexity index is 517. The van der Waals surface area contributed by atoms with E-state index < -0.39 is 4.92 Å². The Hall–Kier alpha value is -2.15. The Kier molecular flexibility index (Phi) is 6.10. The van der Waals surface area contributed by atoms with Crippen LogP contribution < -0.4 is 11.1 Å². The lowest BCUT2D eigenvalue weighted by Crippen LogP contribution is -2.31. The zero-order chi connectivity index (χ0) is 16.0. The molecule has 0 aromatic heterocycles. The molecule has 0 saturated carbocycles. The molecule has 0 unspecified atom stereocenters. The molecule has 1 rings (SSSR count). The number of nitro groups is 1. The molecule has 0 heterocycles. The van der Waals surface area contributed by atoms with Gasteiger partial charge in [0.15, 0.2) is 0 Å². The fourth-order valence-corrected chi connectivity index (χ4v) is 1.74. The molecule has 1 aromatic carbocycles. The summed E-state index contributed by atoms with van der Waals surface area (Å²) in [5.74, 6) is -0.386. The SMILES string of the molecule is CC(C)N(C)CCCNC(=O)c1cc([N+](=O)[O-])ccc1N. The monoisotopic (exact) mass is 294 g/mol. The van der Waals surface area contributed by atoms with Gasteiger partial charge in [0.25, 0.3) is 11.6 Å². The van der Waals surface area contributed by atoms with Crippen molar-refractivity contribution in [2.45, 2.75) is 26.3 Å². The Morgan fingerprint density at radius 1 is 1.48 bits per heavy atom. The van der Waals surface area contributed by atoms with E-state index in [0.29, 0.717) is 12.6 Å². The van der Waals surface area contributed by atoms with Crippen LogP contribution in [0.2, 0.25) is 0 Å². The van der Waals surface area contributed by atoms with Crippen molar-refractivity contribution in [2.24, 2.45) is 0 Å². The van der Waals surface area contributed by atoms with E-state index in [-0.39, 0.29) is 22.8 Å². The molecule has 0 aliphatic carbocycles. The molecule has 0 radical (unpaired) electrons. The van der Waals surface area contributed by atoms with Gasteiger partial charge in [0.1, 0.15) is 0 Å². The lowest BCUT2D eigenvalue weighted by Gasteiger charge is -2.20. The number of nitro benzene ring substituents is 1. The van der Waals surface area contributed by atoms with Crippen LogP contribution in [0.1, 0.15) is 30.6 Å². The standard InChI is InChI=1S/C14H22N4O3/c1-10(2)17(3)8-4-7-16-14(19)12-9-11(18(20)21)5-6-13(12)15/h5-6,9-10H,4,7-8,15H2,1-3H3,(H,16,19). The molecule has 0 aliphatic rings. The van der Waals surface area contributed by atoms with Gasteiger partial charge in [-0.25, -0.2) is 0 Å². The summed E-state index contributed by atoms with van der Waals surface area (Å²) >= 11 is 0. The molecule has 0 aliphatic heterocycles. The maximum atomic E-state index is 12.0. The summed E-state index contributed by atoms with van der Waals surface area (Å²) in [5.41, 5.74) is 5.92. The van der Waals surface area contributed by atoms with Gasteiger partial charge in [0.2, 0.25) is 0 Å². The fourth-order valence-electron chi connectivity index (χ4n) is 1.74. The third kappa shape index (κ3) is 5.03. The van der Waals surface area contributed by atoms with Crippen molar-refractivity contribution in [2.75, 3.05) is 25.9 Å². The first-order valence-corrected chi connectivity index (χ1v) is 6.85. The zero-order valence-electron chi connectivity index (χ0n) is 12.6. The van der Waals surface area contributed by atoms with Gasteiger partial charge < -0.3 is 16.0 Å². The lowest BCUT2D eigenvalue weighted by atomic mass is 10.1. The zero-order valence-corrected chi connectivity index (χ0v) is 12.6. The molecule has 116 valence electrons. The van der Waals surface area contributed by atoms with E-state index in [4.69, 9.17) is 5.73 Å². The van der Waals surface area contributed by atoms with Crippen molar-refractivity contribution >= 4 is 17.3 Å². The second kappa shape index (κ2) is 7.58. The van der Waals surface area contributed by atoms with E-state index in [9.17, 15) is 14.9 Å². The molecular weight excluding hydrogens is 272 g/mol. The van der Waals surface area contributed by atoms with Crippen molar-refractivity contribution in [3.8, 4) is 0 Å². The Labute approximate surface area is 124 Å². The number of amides is 1. The summed E-state index contributed by atoms with van der Waals surface area (Å²) in [7, 11) is 2.02. The molecule has 7 heteroatoms. The summed E-state index contributed by atoms with van der Waals surface area (Å²) < 4.78 is 0. The highest BCUT2D eigenvalue weighted by molar-refractivity contribution is 5.99. The Balaban J connectivity index is 2.56. The lowest BCUT2D eigenvalue weighted by molar-refractivity contribution is -0.384. The number of nitrogen functional groups attached to an aromatic ring is 1. The average molecular weight is 294 g/mol. The first kappa shape index (κ1) is 16.9. The molecule has 3 N–H and O–H groups in total. The van der Waals surface area contributed by atoms with E-state index in [1.165, 1.54) is 18.2 Å². The highest BCUT2D eigenvalue weighted by Gasteiger charge is 2.15. The number of nitrogens with zero attached hydrogens (tertiary/aromatic N) is 2. The van der Waals surface area contributed by atoms with Crippen LogP contribution in [0.4, 0.5) is 11.4 Å². The minimum Gasteiger partial charge on any atom is -0.398 e. The number of anilines is 1. The van der Waals surface area contributed by atoms with Gasteiger partial charge in [-0.1, -0.05) is 0 Å². The number of nitrogens with two attached hydrogens (primary N) is 1. The smallest absolute Gasteiger partial charge is 0.270 e. The van der Waals surface area contributed by atoms with Crippen molar-refractivity contribution in [1.29, 1.82) is 0 Å². The molecule has 0 saturated heterocycles. The third-order valence-electron chi connectivity index (χ3n) is 3.35. The first-order chi connectivity index (χ1) is 9.82. The van der Waals surface area contributed by atoms with Crippen molar-refractivity contribution < 1.29 is 9.72 Å². The molecule has 7 nitrogen and oxygen atoms in total. The maximum absolute atomic E-state index is 12.0. The molecule has 0 spiro atoms. The summed E-state index contributed by atoms with van der Waals surface area (Å²) in [6.45, 7) is 5.56. The predicted molar refractivity (Wildman–Crippen MR) is 82.2 cm³/mol. The average Bonchev–Trinajstić information content (AvgIpc) is 2.43. The number of rotatable bonds is 7. The van der Waals surface area contributed by atoms with Crippen molar-refractivity contribution in [3.05, 3.63) is 33.9 Å². The van der Waals surface area contributed by atoms with Gasteiger partial charge in [0, 0.05) is 30.4 Å². The van der Waals surface area contributed by atoms with E-state index >= 15 is 0 Å². The van der Waals surface area contributed by atoms with E-state index in [0.717, 1.165) is 13.0 Å². The molecule has 0 bridgehead atoms. The largest absolute Gasteiger partial charge is 0.398 e. The molecule has 21 heavy (non-hydrogen) atoms. The topological polar surface area (TPSA) is 102 Å². The second-order valence-corrected chi connectivity index (χ2v) is 5.21. The summed E-state index contributed by atoms with van der Waals surface area (Å²) in [4.78, 5) is 24.3. The number of benzene rings is 1. The van der Waals surface area contributed by atoms with Gasteiger partial charge in [0.05, 0.1) is 10.5 Å². The van der Waals surface area contributed by atoms with Crippen LogP contribution in [0.5, 0.6) is 0 Å². The number of hydrogen-bond acceptors (Lipinski definition) is 5. The molecule has 0 atom stereocenters. The maximum Gasteiger partial charge on any atom is 0.270 e. The first-order valence-electron chi connectivity index (χ1n) is 6.85. The van der Waals surface area contributed by atoms with Gasteiger partial charge in [-0.3, -0.25) is 14.9 Å². The van der Waals surface area contributed by atoms with Crippen LogP contribution in [-0.4, -0.2) is 41.9 Å². The Morgan fingerprint density at radius 2 is 2.14 bits per heavy atom. The Morgan fingerprint density at radius 3 is 2.71 bits per heavy atom. The van der Waals surface area contributed by atoms with Crippen molar-refractivity contribution in [3.63, 3.8) is 0 Å². The number of carbonyl (C=O) groups excluding carboxylic acids is 1. The molecule has 0 fully saturated rings. The van der Waals surface area contributed by atoms with Crippen LogP contribution in [0.3, 0.4) is 0 Å². The van der Waals surface area contributed by atoms with E-state index in [2.05, 4.69) is 24.1 Å². The predicted octanol–water partition coefficient (Wildman–Crippen LogP) is 1.64. The van der Waals surface area contributed by atoms with Crippen LogP contribution >= 0.6 is 0 Å². The van der Waals surface area contributed by atoms with Crippen LogP contribution in [0, 0.1) is 10.1 Å². The van der Waals surface area contributed by atoms with Gasteiger partial charge in [-0.15, -0.1) is 0 Å². The fraction of sp³-hybridized carbons (Fsp3) is 0.500. The third-order valence-corrected chi connectivity index (χ3v) is 3.35. The summed E-state index contributed by atoms with van der Waals surface area (Å²) in [6, 6.07) is 4.31. The van der Waals surface area contributed by atoms with E-state index in [1.54, 1.807) is 0 Å². The summed E-state index contributed by atoms with van der Waals surface area (Å²) in [6.07, 6.45) is 0.801. The number of non-ortho nitro benzene ring substituents is 1. The highest BCUT2D eigenvalue weighted by atomic mass is 16.6. The highest BCUT2D eigenvalue weighted by Crippen LogP contribution is 2.19. The van der Waals surface area contributed by atoms with Crippen LogP contribution in [0.25, 0.3) is 0 Å². The van der Waals surface area contributed by atoms with Crippen molar-refractivity contribution in [1.82, 2.24) is 10.2 Å². The quantitative estimate of drug-likeness (QED) is 0.344. The summed E-state index contributed by atoms with van der Waals surface area (Å²) in [5, 5.41) is 13.4. The van der Waals surface area contributed by atoms with Gasteiger partial charge >= 0.3 is 0 Å². The van der Waals surface area contributed by atoms with Crippen LogP contribution in [-0.2, 0) is 0 Å². The molecule has 1 aromatic rings. The minimum absolute atomic E-state index is 0.140. The normalized spacial score (nSPS) is 10.9. The second-order valence-electron chi connectivity index (χ2n) is 5.21. The molecule has 1 amide bonds. The minimum atomic E-state index is -0.548. The number of carbonyl (C=O) groups is 1. The number of hydrogen-bond donors (Lipinski definition) is 2. The van der Waals surface area contributed by atoms with E-state index in [1.807, 2.05) is 7.05 Å². The number of nitrogens with one attached hydrogen (secondary N) is 1. The van der Waals surface area contributed by atoms with Gasteiger partial charge in [-0.05, 0) is 39.9 Å². The van der Waals surface area contributed by atoms with Gasteiger partial charge in [-0.2, -0.15) is 0 Å². The van der Waals surface area contributed by atoms with Crippen LogP contribution in [0.15, 0.2) is 18.2 Å². The molecular formula is C14H22N4O3.